The Balaban J connectivity index is 2.13. The Hall–Kier alpha value is -1.95. The van der Waals surface area contributed by atoms with E-state index in [4.69, 9.17) is 9.84 Å². The highest BCUT2D eigenvalue weighted by atomic mass is 79.9. The van der Waals surface area contributed by atoms with Crippen molar-refractivity contribution in [3.8, 4) is 5.75 Å². The molecule has 0 unspecified atom stereocenters. The molecule has 0 saturated heterocycles. The van der Waals surface area contributed by atoms with Crippen LogP contribution in [0.3, 0.4) is 0 Å². The van der Waals surface area contributed by atoms with Crippen molar-refractivity contribution < 1.29 is 23.4 Å². The number of carboxylic acid groups (broad SMARTS) is 1. The third-order valence-electron chi connectivity index (χ3n) is 2.55. The molecule has 104 valence electrons. The summed E-state index contributed by atoms with van der Waals surface area (Å²) in [5, 5.41) is 8.71. The van der Waals surface area contributed by atoms with Crippen LogP contribution in [0.5, 0.6) is 5.75 Å². The highest BCUT2D eigenvalue weighted by Gasteiger charge is 2.11. The summed E-state index contributed by atoms with van der Waals surface area (Å²) in [6.07, 6.45) is 0. The van der Waals surface area contributed by atoms with Crippen LogP contribution in [0.1, 0.15) is 15.9 Å². The van der Waals surface area contributed by atoms with E-state index in [0.29, 0.717) is 10.0 Å². The zero-order valence-corrected chi connectivity index (χ0v) is 11.7. The lowest BCUT2D eigenvalue weighted by Gasteiger charge is -2.09. The molecular weight excluding hydrogens is 334 g/mol. The molecule has 0 amide bonds. The van der Waals surface area contributed by atoms with E-state index in [0.717, 1.165) is 12.1 Å². The van der Waals surface area contributed by atoms with E-state index < -0.39 is 23.2 Å². The van der Waals surface area contributed by atoms with Crippen LogP contribution in [0, 0.1) is 11.6 Å². The maximum absolute atomic E-state index is 13.5. The van der Waals surface area contributed by atoms with Gasteiger partial charge in [-0.3, -0.25) is 0 Å². The predicted octanol–water partition coefficient (Wildman–Crippen LogP) is 4.00. The first-order valence-corrected chi connectivity index (χ1v) is 6.36. The van der Waals surface area contributed by atoms with Crippen molar-refractivity contribution in [2.24, 2.45) is 0 Å². The van der Waals surface area contributed by atoms with E-state index in [2.05, 4.69) is 15.9 Å². The number of hydrogen-bond acceptors (Lipinski definition) is 2. The van der Waals surface area contributed by atoms with Gasteiger partial charge in [-0.05, 0) is 45.8 Å². The Morgan fingerprint density at radius 3 is 2.60 bits per heavy atom. The summed E-state index contributed by atoms with van der Waals surface area (Å²) < 4.78 is 32.4. The molecule has 0 spiro atoms. The fourth-order valence-electron chi connectivity index (χ4n) is 1.57. The number of benzene rings is 2. The van der Waals surface area contributed by atoms with Crippen LogP contribution in [0.4, 0.5) is 8.78 Å². The average Bonchev–Trinajstić information content (AvgIpc) is 2.39. The molecule has 0 radical (unpaired) electrons. The monoisotopic (exact) mass is 342 g/mol. The lowest BCUT2D eigenvalue weighted by Crippen LogP contribution is -2.03. The standard InChI is InChI=1S/C14H9BrF2O3/c15-11-4-2-9(16)6-13(11)20-7-8-1-3-10(14(18)19)12(17)5-8/h1-6H,7H2,(H,18,19). The minimum absolute atomic E-state index is 0.00112. The van der Waals surface area contributed by atoms with Gasteiger partial charge in [0.15, 0.2) is 0 Å². The fourth-order valence-corrected chi connectivity index (χ4v) is 1.93. The van der Waals surface area contributed by atoms with E-state index in [1.807, 2.05) is 0 Å². The van der Waals surface area contributed by atoms with Gasteiger partial charge in [-0.15, -0.1) is 0 Å². The fraction of sp³-hybridized carbons (Fsp3) is 0.0714. The quantitative estimate of drug-likeness (QED) is 0.913. The van der Waals surface area contributed by atoms with Crippen LogP contribution in [-0.4, -0.2) is 11.1 Å². The van der Waals surface area contributed by atoms with Crippen molar-refractivity contribution in [1.82, 2.24) is 0 Å². The normalized spacial score (nSPS) is 10.3. The number of aromatic carboxylic acids is 1. The summed E-state index contributed by atoms with van der Waals surface area (Å²) in [4.78, 5) is 10.7. The summed E-state index contributed by atoms with van der Waals surface area (Å²) in [7, 11) is 0. The molecule has 3 nitrogen and oxygen atoms in total. The third-order valence-corrected chi connectivity index (χ3v) is 3.21. The molecule has 0 aliphatic carbocycles. The van der Waals surface area contributed by atoms with Crippen LogP contribution in [0.2, 0.25) is 0 Å². The van der Waals surface area contributed by atoms with E-state index >= 15 is 0 Å². The third kappa shape index (κ3) is 3.33. The first kappa shape index (κ1) is 14.5. The first-order chi connectivity index (χ1) is 9.47. The molecule has 6 heteroatoms. The molecule has 20 heavy (non-hydrogen) atoms. The summed E-state index contributed by atoms with van der Waals surface area (Å²) in [6, 6.07) is 7.66. The van der Waals surface area contributed by atoms with E-state index in [-0.39, 0.29) is 12.4 Å². The molecule has 2 aromatic carbocycles. The van der Waals surface area contributed by atoms with Crippen molar-refractivity contribution in [3.05, 3.63) is 63.6 Å². The number of ether oxygens (including phenoxy) is 1. The number of carboxylic acids is 1. The second-order valence-corrected chi connectivity index (χ2v) is 4.84. The van der Waals surface area contributed by atoms with Gasteiger partial charge in [0, 0.05) is 6.07 Å². The van der Waals surface area contributed by atoms with Crippen molar-refractivity contribution >= 4 is 21.9 Å². The summed E-state index contributed by atoms with van der Waals surface area (Å²) in [5.41, 5.74) is 0.0457. The van der Waals surface area contributed by atoms with Crippen molar-refractivity contribution in [2.75, 3.05) is 0 Å². The zero-order valence-electron chi connectivity index (χ0n) is 10.1. The Morgan fingerprint density at radius 1 is 1.20 bits per heavy atom. The molecule has 0 aliphatic rings. The second kappa shape index (κ2) is 6.00. The van der Waals surface area contributed by atoms with Gasteiger partial charge in [0.25, 0.3) is 0 Å². The van der Waals surface area contributed by atoms with Crippen molar-refractivity contribution in [2.45, 2.75) is 6.61 Å². The highest BCUT2D eigenvalue weighted by molar-refractivity contribution is 9.10. The topological polar surface area (TPSA) is 46.5 Å². The van der Waals surface area contributed by atoms with Crippen LogP contribution in [-0.2, 0) is 6.61 Å². The van der Waals surface area contributed by atoms with Gasteiger partial charge in [-0.25, -0.2) is 13.6 Å². The van der Waals surface area contributed by atoms with Gasteiger partial charge >= 0.3 is 5.97 Å². The Bertz CT molecular complexity index is 659. The Kier molecular flexibility index (Phi) is 4.34. The van der Waals surface area contributed by atoms with Gasteiger partial charge < -0.3 is 9.84 Å². The van der Waals surface area contributed by atoms with E-state index in [1.54, 1.807) is 0 Å². The lowest BCUT2D eigenvalue weighted by atomic mass is 10.1. The maximum atomic E-state index is 13.5. The maximum Gasteiger partial charge on any atom is 0.338 e. The summed E-state index contributed by atoms with van der Waals surface area (Å²) >= 11 is 3.21. The molecule has 0 atom stereocenters. The Morgan fingerprint density at radius 2 is 1.95 bits per heavy atom. The van der Waals surface area contributed by atoms with Gasteiger partial charge in [0.05, 0.1) is 10.0 Å². The summed E-state index contributed by atoms with van der Waals surface area (Å²) in [6.45, 7) is -0.00112. The van der Waals surface area contributed by atoms with Crippen LogP contribution < -0.4 is 4.74 Å². The number of carbonyl (C=O) groups is 1. The molecule has 1 N–H and O–H groups in total. The number of halogens is 3. The Labute approximate surface area is 121 Å². The molecule has 0 aromatic heterocycles. The first-order valence-electron chi connectivity index (χ1n) is 5.57. The molecule has 2 rings (SSSR count). The zero-order chi connectivity index (χ0) is 14.7. The molecule has 0 aliphatic heterocycles. The minimum atomic E-state index is -1.33. The smallest absolute Gasteiger partial charge is 0.338 e. The SMILES string of the molecule is O=C(O)c1ccc(COc2cc(F)ccc2Br)cc1F. The van der Waals surface area contributed by atoms with Crippen molar-refractivity contribution in [3.63, 3.8) is 0 Å². The predicted molar refractivity (Wildman–Crippen MR) is 71.8 cm³/mol. The largest absolute Gasteiger partial charge is 0.488 e. The van der Waals surface area contributed by atoms with Crippen LogP contribution >= 0.6 is 15.9 Å². The van der Waals surface area contributed by atoms with Gasteiger partial charge in [-0.2, -0.15) is 0 Å². The molecular formula is C14H9BrF2O3. The molecule has 0 fully saturated rings. The average molecular weight is 343 g/mol. The van der Waals surface area contributed by atoms with Crippen LogP contribution in [0.25, 0.3) is 0 Å². The minimum Gasteiger partial charge on any atom is -0.488 e. The van der Waals surface area contributed by atoms with Crippen LogP contribution in [0.15, 0.2) is 40.9 Å². The van der Waals surface area contributed by atoms with Crippen molar-refractivity contribution in [1.29, 1.82) is 0 Å². The van der Waals surface area contributed by atoms with Gasteiger partial charge in [0.1, 0.15) is 24.0 Å². The second-order valence-electron chi connectivity index (χ2n) is 3.98. The number of rotatable bonds is 4. The molecule has 0 heterocycles. The van der Waals surface area contributed by atoms with E-state index in [1.165, 1.54) is 24.3 Å². The lowest BCUT2D eigenvalue weighted by molar-refractivity contribution is 0.0692. The van der Waals surface area contributed by atoms with Gasteiger partial charge in [-0.1, -0.05) is 6.07 Å². The number of hydrogen-bond donors (Lipinski definition) is 1. The van der Waals surface area contributed by atoms with E-state index in [9.17, 15) is 13.6 Å². The summed E-state index contributed by atoms with van der Waals surface area (Å²) in [5.74, 6) is -2.33. The molecule has 0 saturated carbocycles. The molecule has 2 aromatic rings. The highest BCUT2D eigenvalue weighted by Crippen LogP contribution is 2.26. The van der Waals surface area contributed by atoms with Gasteiger partial charge in [0.2, 0.25) is 0 Å². The molecule has 0 bridgehead atoms.